The van der Waals surface area contributed by atoms with Crippen LogP contribution in [0.15, 0.2) is 36.4 Å². The molecule has 0 aliphatic rings. The zero-order chi connectivity index (χ0) is 21.4. The highest BCUT2D eigenvalue weighted by atomic mass is 35.5. The number of anilines is 1. The molecule has 2 aromatic carbocycles. The fourth-order valence-corrected chi connectivity index (χ4v) is 3.11. The lowest BCUT2D eigenvalue weighted by molar-refractivity contribution is -0.885. The van der Waals surface area contributed by atoms with Gasteiger partial charge in [-0.1, -0.05) is 23.7 Å². The van der Waals surface area contributed by atoms with Crippen LogP contribution in [-0.4, -0.2) is 46.2 Å². The number of rotatable bonds is 9. The van der Waals surface area contributed by atoms with Crippen LogP contribution in [0.5, 0.6) is 11.5 Å². The van der Waals surface area contributed by atoms with Crippen molar-refractivity contribution in [3.8, 4) is 11.5 Å². The third kappa shape index (κ3) is 6.37. The number of amides is 2. The maximum Gasteiger partial charge on any atom is 0.275 e. The molecule has 29 heavy (non-hydrogen) atoms. The number of benzene rings is 2. The summed E-state index contributed by atoms with van der Waals surface area (Å²) in [5.74, 6) is 0.777. The lowest BCUT2D eigenvalue weighted by atomic mass is 10.1. The lowest BCUT2D eigenvalue weighted by Crippen LogP contribution is -3.08. The molecule has 0 aliphatic carbocycles. The Morgan fingerprint density at radius 3 is 2.48 bits per heavy atom. The van der Waals surface area contributed by atoms with Gasteiger partial charge in [0.25, 0.3) is 5.91 Å². The number of carbonyl (C=O) groups is 2. The summed E-state index contributed by atoms with van der Waals surface area (Å²) in [6.45, 7) is 2.49. The summed E-state index contributed by atoms with van der Waals surface area (Å²) in [4.78, 5) is 25.3. The average Bonchev–Trinajstić information content (AvgIpc) is 2.69. The van der Waals surface area contributed by atoms with Gasteiger partial charge in [0.15, 0.2) is 18.0 Å². The van der Waals surface area contributed by atoms with Crippen LogP contribution in [0.1, 0.15) is 11.1 Å². The van der Waals surface area contributed by atoms with E-state index < -0.39 is 0 Å². The number of methoxy groups -OCH3 is 2. The Kier molecular flexibility index (Phi) is 8.30. The van der Waals surface area contributed by atoms with E-state index in [0.717, 1.165) is 16.0 Å². The van der Waals surface area contributed by atoms with Gasteiger partial charge in [-0.15, -0.1) is 0 Å². The molecule has 1 atom stereocenters. The molecule has 0 spiro atoms. The second-order valence-corrected chi connectivity index (χ2v) is 7.11. The molecule has 0 saturated heterocycles. The van der Waals surface area contributed by atoms with Gasteiger partial charge < -0.3 is 25.0 Å². The first kappa shape index (κ1) is 22.5. The molecule has 2 aromatic rings. The van der Waals surface area contributed by atoms with Crippen molar-refractivity contribution < 1.29 is 24.0 Å². The van der Waals surface area contributed by atoms with Crippen LogP contribution < -0.4 is 25.0 Å². The number of carbonyl (C=O) groups excluding carboxylic acids is 2. The standard InChI is InChI=1S/C21H26ClN3O4/c1-14-16(22)8-6-9-17(14)24-19(26)11-23-20(27)13-25(2)12-15-7-5-10-18(28-3)21(15)29-4/h5-10H,11-13H2,1-4H3,(H,23,27)(H,24,26)/p+1. The van der Waals surface area contributed by atoms with Gasteiger partial charge in [-0.2, -0.15) is 0 Å². The molecule has 2 amide bonds. The van der Waals surface area contributed by atoms with E-state index in [1.807, 2.05) is 32.2 Å². The number of nitrogens with one attached hydrogen (secondary N) is 3. The van der Waals surface area contributed by atoms with E-state index in [4.69, 9.17) is 21.1 Å². The van der Waals surface area contributed by atoms with Crippen molar-refractivity contribution >= 4 is 29.1 Å². The second kappa shape index (κ2) is 10.7. The second-order valence-electron chi connectivity index (χ2n) is 6.70. The predicted molar refractivity (Wildman–Crippen MR) is 113 cm³/mol. The van der Waals surface area contributed by atoms with Crippen LogP contribution in [-0.2, 0) is 16.1 Å². The summed E-state index contributed by atoms with van der Waals surface area (Å²) in [6, 6.07) is 10.9. The Morgan fingerprint density at radius 1 is 1.07 bits per heavy atom. The van der Waals surface area contributed by atoms with Crippen molar-refractivity contribution in [2.24, 2.45) is 0 Å². The van der Waals surface area contributed by atoms with Crippen LogP contribution in [0.4, 0.5) is 5.69 Å². The molecular weight excluding hydrogens is 394 g/mol. The van der Waals surface area contributed by atoms with Crippen LogP contribution >= 0.6 is 11.6 Å². The first-order valence-electron chi connectivity index (χ1n) is 9.18. The molecule has 0 bridgehead atoms. The average molecular weight is 421 g/mol. The first-order chi connectivity index (χ1) is 13.8. The highest BCUT2D eigenvalue weighted by Crippen LogP contribution is 2.30. The van der Waals surface area contributed by atoms with Gasteiger partial charge in [-0.05, 0) is 36.8 Å². The number of ether oxygens (including phenoxy) is 2. The number of halogens is 1. The van der Waals surface area contributed by atoms with Gasteiger partial charge >= 0.3 is 0 Å². The lowest BCUT2D eigenvalue weighted by Gasteiger charge is -2.17. The topological polar surface area (TPSA) is 81.1 Å². The van der Waals surface area contributed by atoms with Crippen molar-refractivity contribution in [2.75, 3.05) is 39.7 Å². The Bertz CT molecular complexity index is 873. The molecule has 7 nitrogen and oxygen atoms in total. The molecule has 0 heterocycles. The van der Waals surface area contributed by atoms with Crippen LogP contribution in [0.2, 0.25) is 5.02 Å². The fourth-order valence-electron chi connectivity index (χ4n) is 2.93. The molecule has 1 unspecified atom stereocenters. The molecule has 0 saturated carbocycles. The quantitative estimate of drug-likeness (QED) is 0.573. The number of hydrogen-bond acceptors (Lipinski definition) is 4. The molecule has 3 N–H and O–H groups in total. The minimum absolute atomic E-state index is 0.111. The Hall–Kier alpha value is -2.77. The van der Waals surface area contributed by atoms with Crippen LogP contribution in [0.3, 0.4) is 0 Å². The SMILES string of the molecule is COc1cccc(C[NH+](C)CC(=O)NCC(=O)Nc2cccc(Cl)c2C)c1OC. The van der Waals surface area contributed by atoms with Gasteiger partial charge in [-0.25, -0.2) is 0 Å². The van der Waals surface area contributed by atoms with Crippen molar-refractivity contribution in [2.45, 2.75) is 13.5 Å². The molecule has 8 heteroatoms. The summed E-state index contributed by atoms with van der Waals surface area (Å²) in [5, 5.41) is 5.97. The van der Waals surface area contributed by atoms with E-state index in [1.54, 1.807) is 32.4 Å². The Morgan fingerprint density at radius 2 is 1.79 bits per heavy atom. The van der Waals surface area contributed by atoms with Gasteiger partial charge in [0.1, 0.15) is 6.54 Å². The van der Waals surface area contributed by atoms with Crippen LogP contribution in [0, 0.1) is 6.92 Å². The van der Waals surface area contributed by atoms with Crippen LogP contribution in [0.25, 0.3) is 0 Å². The summed E-state index contributed by atoms with van der Waals surface area (Å²) in [5.41, 5.74) is 2.35. The number of para-hydroxylation sites is 1. The number of quaternary nitrogens is 1. The maximum atomic E-state index is 12.2. The summed E-state index contributed by atoms with van der Waals surface area (Å²) in [6.07, 6.45) is 0. The van der Waals surface area contributed by atoms with E-state index in [0.29, 0.717) is 28.8 Å². The predicted octanol–water partition coefficient (Wildman–Crippen LogP) is 1.44. The smallest absolute Gasteiger partial charge is 0.275 e. The molecule has 156 valence electrons. The monoisotopic (exact) mass is 420 g/mol. The minimum Gasteiger partial charge on any atom is -0.493 e. The summed E-state index contributed by atoms with van der Waals surface area (Å²) in [7, 11) is 5.07. The normalized spacial score (nSPS) is 11.5. The van der Waals surface area contributed by atoms with Crippen molar-refractivity contribution in [1.29, 1.82) is 0 Å². The van der Waals surface area contributed by atoms with E-state index in [-0.39, 0.29) is 24.9 Å². The molecule has 0 fully saturated rings. The van der Waals surface area contributed by atoms with Gasteiger partial charge in [0, 0.05) is 10.7 Å². The molecule has 2 rings (SSSR count). The van der Waals surface area contributed by atoms with E-state index in [9.17, 15) is 9.59 Å². The van der Waals surface area contributed by atoms with Crippen molar-refractivity contribution in [3.63, 3.8) is 0 Å². The van der Waals surface area contributed by atoms with E-state index >= 15 is 0 Å². The molecule has 0 aromatic heterocycles. The highest BCUT2D eigenvalue weighted by molar-refractivity contribution is 6.31. The number of hydrogen-bond donors (Lipinski definition) is 3. The van der Waals surface area contributed by atoms with Gasteiger partial charge in [-0.3, -0.25) is 9.59 Å². The molecular formula is C21H27ClN3O4+. The maximum absolute atomic E-state index is 12.2. The Labute approximate surface area is 175 Å². The van der Waals surface area contributed by atoms with Gasteiger partial charge in [0.2, 0.25) is 5.91 Å². The van der Waals surface area contributed by atoms with Gasteiger partial charge in [0.05, 0.1) is 33.4 Å². The van der Waals surface area contributed by atoms with E-state index in [1.165, 1.54) is 0 Å². The first-order valence-corrected chi connectivity index (χ1v) is 9.56. The zero-order valence-corrected chi connectivity index (χ0v) is 17.9. The fraction of sp³-hybridized carbons (Fsp3) is 0.333. The zero-order valence-electron chi connectivity index (χ0n) is 17.1. The number of likely N-dealkylation sites (N-methyl/N-ethyl adjacent to an activating group) is 1. The molecule has 0 aliphatic heterocycles. The van der Waals surface area contributed by atoms with Crippen molar-refractivity contribution in [1.82, 2.24) is 5.32 Å². The minimum atomic E-state index is -0.309. The summed E-state index contributed by atoms with van der Waals surface area (Å²) >= 11 is 6.05. The third-order valence-electron chi connectivity index (χ3n) is 4.43. The highest BCUT2D eigenvalue weighted by Gasteiger charge is 2.16. The third-order valence-corrected chi connectivity index (χ3v) is 4.84. The Balaban J connectivity index is 1.84. The largest absolute Gasteiger partial charge is 0.493 e. The molecule has 0 radical (unpaired) electrons. The summed E-state index contributed by atoms with van der Waals surface area (Å²) < 4.78 is 10.7. The van der Waals surface area contributed by atoms with E-state index in [2.05, 4.69) is 10.6 Å². The van der Waals surface area contributed by atoms with Crippen molar-refractivity contribution in [3.05, 3.63) is 52.5 Å².